The van der Waals surface area contributed by atoms with Gasteiger partial charge < -0.3 is 4.74 Å². The Morgan fingerprint density at radius 1 is 1.38 bits per heavy atom. The summed E-state index contributed by atoms with van der Waals surface area (Å²) in [5, 5.41) is 0. The second-order valence-corrected chi connectivity index (χ2v) is 4.37. The molecule has 3 nitrogen and oxygen atoms in total. The summed E-state index contributed by atoms with van der Waals surface area (Å²) in [6.45, 7) is 1.87. The van der Waals surface area contributed by atoms with Crippen molar-refractivity contribution < 1.29 is 9.13 Å². The molecule has 0 saturated carbocycles. The Morgan fingerprint density at radius 2 is 2.19 bits per heavy atom. The van der Waals surface area contributed by atoms with Gasteiger partial charge in [-0.15, -0.1) is 0 Å². The number of ether oxygens (including phenoxy) is 1. The highest BCUT2D eigenvalue weighted by atomic mass is 127. The van der Waals surface area contributed by atoms with Crippen molar-refractivity contribution in [3.8, 4) is 11.6 Å². The fourth-order valence-corrected chi connectivity index (χ4v) is 1.58. The molecule has 0 aliphatic heterocycles. The van der Waals surface area contributed by atoms with Crippen LogP contribution in [-0.2, 0) is 0 Å². The highest BCUT2D eigenvalue weighted by Crippen LogP contribution is 2.26. The maximum atomic E-state index is 13.4. The molecule has 1 aromatic carbocycles. The van der Waals surface area contributed by atoms with Gasteiger partial charge >= 0.3 is 0 Å². The standard InChI is InChI=1S/C11H8FIN2O/c1-7-2-3-8(12)10(4-7)16-11-9(13)5-14-6-15-11/h2-6H,1H3. The molecule has 0 bridgehead atoms. The van der Waals surface area contributed by atoms with Crippen molar-refractivity contribution in [1.29, 1.82) is 0 Å². The summed E-state index contributed by atoms with van der Waals surface area (Å²) in [4.78, 5) is 7.77. The maximum Gasteiger partial charge on any atom is 0.235 e. The Hall–Kier alpha value is -1.24. The molecule has 0 N–H and O–H groups in total. The summed E-state index contributed by atoms with van der Waals surface area (Å²) in [6, 6.07) is 4.69. The number of benzene rings is 1. The van der Waals surface area contributed by atoms with Gasteiger partial charge in [0.1, 0.15) is 6.33 Å². The van der Waals surface area contributed by atoms with E-state index in [-0.39, 0.29) is 5.75 Å². The predicted octanol–water partition coefficient (Wildman–Crippen LogP) is 3.32. The fraction of sp³-hybridized carbons (Fsp3) is 0.0909. The Balaban J connectivity index is 2.34. The van der Waals surface area contributed by atoms with Crippen molar-refractivity contribution in [3.63, 3.8) is 0 Å². The molecular formula is C11H8FIN2O. The second kappa shape index (κ2) is 4.73. The molecule has 16 heavy (non-hydrogen) atoms. The van der Waals surface area contributed by atoms with Crippen LogP contribution in [0, 0.1) is 16.3 Å². The third-order valence-corrected chi connectivity index (χ3v) is 2.67. The molecule has 0 aliphatic rings. The topological polar surface area (TPSA) is 35.0 Å². The molecule has 0 radical (unpaired) electrons. The molecule has 0 saturated heterocycles. The van der Waals surface area contributed by atoms with E-state index in [1.165, 1.54) is 12.4 Å². The summed E-state index contributed by atoms with van der Waals surface area (Å²) in [7, 11) is 0. The van der Waals surface area contributed by atoms with Gasteiger partial charge in [-0.05, 0) is 47.2 Å². The van der Waals surface area contributed by atoms with Crippen LogP contribution in [0.3, 0.4) is 0 Å². The number of hydrogen-bond donors (Lipinski definition) is 0. The van der Waals surface area contributed by atoms with Gasteiger partial charge in [0.2, 0.25) is 5.88 Å². The van der Waals surface area contributed by atoms with Crippen LogP contribution in [0.4, 0.5) is 4.39 Å². The van der Waals surface area contributed by atoms with Crippen molar-refractivity contribution in [3.05, 3.63) is 45.7 Å². The van der Waals surface area contributed by atoms with Gasteiger partial charge in [-0.2, -0.15) is 0 Å². The lowest BCUT2D eigenvalue weighted by molar-refractivity contribution is 0.423. The van der Waals surface area contributed by atoms with Crippen LogP contribution in [0.15, 0.2) is 30.7 Å². The Kier molecular flexibility index (Phi) is 3.33. The number of aryl methyl sites for hydroxylation is 1. The van der Waals surface area contributed by atoms with Crippen LogP contribution in [0.25, 0.3) is 0 Å². The summed E-state index contributed by atoms with van der Waals surface area (Å²) in [6.07, 6.45) is 2.97. The first kappa shape index (κ1) is 11.3. The molecule has 0 fully saturated rings. The lowest BCUT2D eigenvalue weighted by Crippen LogP contribution is -1.94. The first-order chi connectivity index (χ1) is 7.66. The van der Waals surface area contributed by atoms with Gasteiger partial charge in [-0.3, -0.25) is 0 Å². The maximum absolute atomic E-state index is 13.4. The second-order valence-electron chi connectivity index (χ2n) is 3.21. The molecule has 1 heterocycles. The molecule has 0 spiro atoms. The first-order valence-corrected chi connectivity index (χ1v) is 5.64. The third kappa shape index (κ3) is 2.46. The Morgan fingerprint density at radius 3 is 2.94 bits per heavy atom. The molecule has 2 aromatic rings. The lowest BCUT2D eigenvalue weighted by Gasteiger charge is -2.07. The van der Waals surface area contributed by atoms with Crippen LogP contribution in [0.5, 0.6) is 11.6 Å². The minimum atomic E-state index is -0.403. The minimum absolute atomic E-state index is 0.177. The van der Waals surface area contributed by atoms with E-state index in [1.54, 1.807) is 18.3 Å². The largest absolute Gasteiger partial charge is 0.435 e. The minimum Gasteiger partial charge on any atom is -0.435 e. The monoisotopic (exact) mass is 330 g/mol. The summed E-state index contributed by atoms with van der Waals surface area (Å²) in [5.74, 6) is 0.136. The molecular weight excluding hydrogens is 322 g/mol. The zero-order chi connectivity index (χ0) is 11.5. The Labute approximate surface area is 106 Å². The molecule has 5 heteroatoms. The summed E-state index contributed by atoms with van der Waals surface area (Å²) in [5.41, 5.74) is 0.931. The average molecular weight is 330 g/mol. The zero-order valence-electron chi connectivity index (χ0n) is 8.45. The SMILES string of the molecule is Cc1ccc(F)c(Oc2ncncc2I)c1. The molecule has 0 amide bonds. The van der Waals surface area contributed by atoms with E-state index in [4.69, 9.17) is 4.74 Å². The molecule has 0 atom stereocenters. The van der Waals surface area contributed by atoms with Gasteiger partial charge in [0.15, 0.2) is 11.6 Å². The third-order valence-electron chi connectivity index (χ3n) is 1.93. The smallest absolute Gasteiger partial charge is 0.235 e. The van der Waals surface area contributed by atoms with Crippen molar-refractivity contribution in [2.75, 3.05) is 0 Å². The van der Waals surface area contributed by atoms with E-state index >= 15 is 0 Å². The van der Waals surface area contributed by atoms with Crippen molar-refractivity contribution in [1.82, 2.24) is 9.97 Å². The predicted molar refractivity (Wildman–Crippen MR) is 66.0 cm³/mol. The van der Waals surface area contributed by atoms with Crippen molar-refractivity contribution in [2.24, 2.45) is 0 Å². The number of hydrogen-bond acceptors (Lipinski definition) is 3. The van der Waals surface area contributed by atoms with E-state index in [0.29, 0.717) is 5.88 Å². The quantitative estimate of drug-likeness (QED) is 0.793. The van der Waals surface area contributed by atoms with Crippen LogP contribution in [-0.4, -0.2) is 9.97 Å². The van der Waals surface area contributed by atoms with Gasteiger partial charge in [0.05, 0.1) is 3.57 Å². The van der Waals surface area contributed by atoms with Crippen LogP contribution < -0.4 is 4.74 Å². The lowest BCUT2D eigenvalue weighted by atomic mass is 10.2. The van der Waals surface area contributed by atoms with Crippen LogP contribution in [0.1, 0.15) is 5.56 Å². The fourth-order valence-electron chi connectivity index (χ4n) is 1.17. The highest BCUT2D eigenvalue weighted by molar-refractivity contribution is 14.1. The van der Waals surface area contributed by atoms with E-state index < -0.39 is 5.82 Å². The molecule has 2 rings (SSSR count). The highest BCUT2D eigenvalue weighted by Gasteiger charge is 2.08. The molecule has 0 unspecified atom stereocenters. The van der Waals surface area contributed by atoms with Gasteiger partial charge in [0.25, 0.3) is 0 Å². The summed E-state index contributed by atoms with van der Waals surface area (Å²) >= 11 is 2.04. The number of rotatable bonds is 2. The van der Waals surface area contributed by atoms with E-state index in [0.717, 1.165) is 9.13 Å². The average Bonchev–Trinajstić information content (AvgIpc) is 2.27. The van der Waals surface area contributed by atoms with Gasteiger partial charge in [-0.25, -0.2) is 14.4 Å². The molecule has 1 aromatic heterocycles. The van der Waals surface area contributed by atoms with E-state index in [9.17, 15) is 4.39 Å². The van der Waals surface area contributed by atoms with E-state index in [1.807, 2.05) is 29.5 Å². The zero-order valence-corrected chi connectivity index (χ0v) is 10.6. The van der Waals surface area contributed by atoms with Crippen LogP contribution >= 0.6 is 22.6 Å². The Bertz CT molecular complexity index is 519. The molecule has 0 aliphatic carbocycles. The van der Waals surface area contributed by atoms with Crippen molar-refractivity contribution >= 4 is 22.6 Å². The van der Waals surface area contributed by atoms with Gasteiger partial charge in [0, 0.05) is 6.20 Å². The van der Waals surface area contributed by atoms with E-state index in [2.05, 4.69) is 9.97 Å². The number of nitrogens with zero attached hydrogens (tertiary/aromatic N) is 2. The number of aromatic nitrogens is 2. The number of halogens is 2. The van der Waals surface area contributed by atoms with Gasteiger partial charge in [-0.1, -0.05) is 6.07 Å². The molecule has 82 valence electrons. The van der Waals surface area contributed by atoms with Crippen molar-refractivity contribution in [2.45, 2.75) is 6.92 Å². The van der Waals surface area contributed by atoms with Crippen LogP contribution in [0.2, 0.25) is 0 Å². The summed E-state index contributed by atoms with van der Waals surface area (Å²) < 4.78 is 19.5. The first-order valence-electron chi connectivity index (χ1n) is 4.56. The normalized spacial score (nSPS) is 10.2.